The summed E-state index contributed by atoms with van der Waals surface area (Å²) in [5, 5.41) is 23.2. The molecule has 0 fully saturated rings. The highest BCUT2D eigenvalue weighted by atomic mass is 16.3. The Kier molecular flexibility index (Phi) is 3.39. The third-order valence-electron chi connectivity index (χ3n) is 4.14. The van der Waals surface area contributed by atoms with Crippen molar-refractivity contribution in [1.29, 1.82) is 0 Å². The predicted molar refractivity (Wildman–Crippen MR) is 95.9 cm³/mol. The zero-order chi connectivity index (χ0) is 16.5. The number of rotatable bonds is 2. The molecule has 0 spiro atoms. The van der Waals surface area contributed by atoms with Gasteiger partial charge in [0.25, 0.3) is 0 Å². The standard InChI is InChI=1S/C21H15NO2/c23-19-11-10-17(21(24)20(19)18-7-3-4-12-22-18)16-9-8-14-5-1-2-6-15(14)13-16/h1-13,23-24H. The molecule has 0 amide bonds. The molecule has 0 atom stereocenters. The first kappa shape index (κ1) is 14.3. The van der Waals surface area contributed by atoms with Crippen molar-refractivity contribution in [3.8, 4) is 33.9 Å². The molecule has 2 N–H and O–H groups in total. The van der Waals surface area contributed by atoms with Crippen LogP contribution in [-0.2, 0) is 0 Å². The minimum absolute atomic E-state index is 0.00994. The van der Waals surface area contributed by atoms with Crippen LogP contribution in [0.15, 0.2) is 79.0 Å². The molecule has 24 heavy (non-hydrogen) atoms. The van der Waals surface area contributed by atoms with Gasteiger partial charge in [0.1, 0.15) is 11.5 Å². The molecule has 0 aliphatic rings. The van der Waals surface area contributed by atoms with Crippen LogP contribution in [0, 0.1) is 0 Å². The maximum atomic E-state index is 10.7. The minimum atomic E-state index is 0.00994. The second-order valence-electron chi connectivity index (χ2n) is 5.63. The highest BCUT2D eigenvalue weighted by Gasteiger charge is 2.16. The fourth-order valence-corrected chi connectivity index (χ4v) is 2.93. The Balaban J connectivity index is 1.92. The van der Waals surface area contributed by atoms with E-state index >= 15 is 0 Å². The summed E-state index contributed by atoms with van der Waals surface area (Å²) in [4.78, 5) is 4.24. The van der Waals surface area contributed by atoms with Gasteiger partial charge in [0.05, 0.1) is 11.3 Å². The van der Waals surface area contributed by atoms with Gasteiger partial charge in [-0.1, -0.05) is 42.5 Å². The molecule has 116 valence electrons. The zero-order valence-corrected chi connectivity index (χ0v) is 12.8. The molecule has 4 rings (SSSR count). The number of aromatic nitrogens is 1. The molecule has 0 saturated carbocycles. The fraction of sp³-hybridized carbons (Fsp3) is 0. The van der Waals surface area contributed by atoms with Gasteiger partial charge >= 0.3 is 0 Å². The van der Waals surface area contributed by atoms with Gasteiger partial charge in [-0.15, -0.1) is 0 Å². The molecule has 0 saturated heterocycles. The van der Waals surface area contributed by atoms with Crippen molar-refractivity contribution in [3.63, 3.8) is 0 Å². The number of hydrogen-bond acceptors (Lipinski definition) is 3. The Morgan fingerprint density at radius 2 is 1.50 bits per heavy atom. The SMILES string of the molecule is Oc1ccc(-c2ccc3ccccc3c2)c(O)c1-c1ccccn1. The van der Waals surface area contributed by atoms with Crippen LogP contribution in [0.1, 0.15) is 0 Å². The first-order valence-corrected chi connectivity index (χ1v) is 7.69. The van der Waals surface area contributed by atoms with Crippen LogP contribution in [0.2, 0.25) is 0 Å². The predicted octanol–water partition coefficient (Wildman–Crippen LogP) is 4.98. The van der Waals surface area contributed by atoms with Crippen LogP contribution in [-0.4, -0.2) is 15.2 Å². The maximum Gasteiger partial charge on any atom is 0.136 e. The number of phenolic OH excluding ortho intramolecular Hbond substituents is 2. The molecule has 0 aliphatic heterocycles. The molecule has 3 heteroatoms. The van der Waals surface area contributed by atoms with E-state index in [1.54, 1.807) is 30.5 Å². The van der Waals surface area contributed by atoms with E-state index in [4.69, 9.17) is 0 Å². The summed E-state index contributed by atoms with van der Waals surface area (Å²) in [5.74, 6) is 0.0414. The molecule has 0 aliphatic carbocycles. The van der Waals surface area contributed by atoms with Gasteiger partial charge in [0.2, 0.25) is 0 Å². The van der Waals surface area contributed by atoms with E-state index in [0.717, 1.165) is 16.3 Å². The van der Waals surface area contributed by atoms with E-state index in [1.807, 2.05) is 42.5 Å². The topological polar surface area (TPSA) is 53.4 Å². The van der Waals surface area contributed by atoms with Crippen molar-refractivity contribution < 1.29 is 10.2 Å². The average Bonchev–Trinajstić information content (AvgIpc) is 2.62. The van der Waals surface area contributed by atoms with Crippen molar-refractivity contribution in [3.05, 3.63) is 79.0 Å². The molecular formula is C21H15NO2. The summed E-state index contributed by atoms with van der Waals surface area (Å²) >= 11 is 0. The van der Waals surface area contributed by atoms with Crippen LogP contribution in [0.4, 0.5) is 0 Å². The summed E-state index contributed by atoms with van der Waals surface area (Å²) in [6.45, 7) is 0. The Morgan fingerprint density at radius 3 is 2.29 bits per heavy atom. The van der Waals surface area contributed by atoms with Gasteiger partial charge in [-0.25, -0.2) is 0 Å². The number of pyridine rings is 1. The molecule has 0 radical (unpaired) electrons. The maximum absolute atomic E-state index is 10.7. The second kappa shape index (κ2) is 5.70. The monoisotopic (exact) mass is 313 g/mol. The first-order chi connectivity index (χ1) is 11.7. The summed E-state index contributed by atoms with van der Waals surface area (Å²) < 4.78 is 0. The molecule has 1 aromatic heterocycles. The van der Waals surface area contributed by atoms with Gasteiger partial charge < -0.3 is 10.2 Å². The lowest BCUT2D eigenvalue weighted by Crippen LogP contribution is -1.88. The van der Waals surface area contributed by atoms with Crippen LogP contribution >= 0.6 is 0 Å². The minimum Gasteiger partial charge on any atom is -0.507 e. The van der Waals surface area contributed by atoms with Gasteiger partial charge in [0, 0.05) is 11.8 Å². The third-order valence-corrected chi connectivity index (χ3v) is 4.14. The van der Waals surface area contributed by atoms with Crippen LogP contribution in [0.25, 0.3) is 33.2 Å². The number of nitrogens with zero attached hydrogens (tertiary/aromatic N) is 1. The van der Waals surface area contributed by atoms with Gasteiger partial charge in [-0.3, -0.25) is 4.98 Å². The Labute approximate surface area is 139 Å². The summed E-state index contributed by atoms with van der Waals surface area (Å²) in [5.41, 5.74) is 2.44. The largest absolute Gasteiger partial charge is 0.507 e. The van der Waals surface area contributed by atoms with E-state index in [2.05, 4.69) is 11.1 Å². The second-order valence-corrected chi connectivity index (χ2v) is 5.63. The molecule has 0 unspecified atom stereocenters. The number of fused-ring (bicyclic) bond motifs is 1. The van der Waals surface area contributed by atoms with Crippen LogP contribution in [0.5, 0.6) is 11.5 Å². The molecular weight excluding hydrogens is 298 g/mol. The fourth-order valence-electron chi connectivity index (χ4n) is 2.93. The van der Waals surface area contributed by atoms with Crippen molar-refractivity contribution in [2.75, 3.05) is 0 Å². The van der Waals surface area contributed by atoms with Crippen molar-refractivity contribution >= 4 is 10.8 Å². The van der Waals surface area contributed by atoms with E-state index in [-0.39, 0.29) is 11.5 Å². The lowest BCUT2D eigenvalue weighted by molar-refractivity contribution is 0.455. The highest BCUT2D eigenvalue weighted by Crippen LogP contribution is 2.43. The smallest absolute Gasteiger partial charge is 0.136 e. The lowest BCUT2D eigenvalue weighted by atomic mass is 9.97. The normalized spacial score (nSPS) is 10.8. The van der Waals surface area contributed by atoms with E-state index in [9.17, 15) is 10.2 Å². The summed E-state index contributed by atoms with van der Waals surface area (Å²) in [7, 11) is 0. The molecule has 0 bridgehead atoms. The molecule has 3 aromatic carbocycles. The van der Waals surface area contributed by atoms with Crippen LogP contribution in [0.3, 0.4) is 0 Å². The Hall–Kier alpha value is -3.33. The molecule has 4 aromatic rings. The molecule has 3 nitrogen and oxygen atoms in total. The van der Waals surface area contributed by atoms with E-state index in [1.165, 1.54) is 0 Å². The number of aromatic hydroxyl groups is 2. The van der Waals surface area contributed by atoms with Crippen molar-refractivity contribution in [2.45, 2.75) is 0 Å². The van der Waals surface area contributed by atoms with Gasteiger partial charge in [0.15, 0.2) is 0 Å². The number of hydrogen-bond donors (Lipinski definition) is 2. The number of benzene rings is 3. The quantitative estimate of drug-likeness (QED) is 0.549. The average molecular weight is 313 g/mol. The van der Waals surface area contributed by atoms with Gasteiger partial charge in [-0.05, 0) is 46.7 Å². The third kappa shape index (κ3) is 2.36. The summed E-state index contributed by atoms with van der Waals surface area (Å²) in [6, 6.07) is 22.8. The first-order valence-electron chi connectivity index (χ1n) is 7.69. The number of phenols is 2. The zero-order valence-electron chi connectivity index (χ0n) is 12.8. The van der Waals surface area contributed by atoms with Crippen molar-refractivity contribution in [2.24, 2.45) is 0 Å². The van der Waals surface area contributed by atoms with E-state index < -0.39 is 0 Å². The van der Waals surface area contributed by atoms with Crippen molar-refractivity contribution in [1.82, 2.24) is 4.98 Å². The molecule has 1 heterocycles. The van der Waals surface area contributed by atoms with Gasteiger partial charge in [-0.2, -0.15) is 0 Å². The highest BCUT2D eigenvalue weighted by molar-refractivity contribution is 5.91. The lowest BCUT2D eigenvalue weighted by Gasteiger charge is -2.12. The summed E-state index contributed by atoms with van der Waals surface area (Å²) in [6.07, 6.45) is 1.64. The van der Waals surface area contributed by atoms with E-state index in [0.29, 0.717) is 16.8 Å². The van der Waals surface area contributed by atoms with Crippen LogP contribution < -0.4 is 0 Å². The Bertz CT molecular complexity index is 1030. The Morgan fingerprint density at radius 1 is 0.708 bits per heavy atom.